The molecule has 0 atom stereocenters. The average molecular weight is 311 g/mol. The minimum atomic E-state index is -0.132. The Bertz CT molecular complexity index is 480. The molecule has 1 aliphatic carbocycles. The summed E-state index contributed by atoms with van der Waals surface area (Å²) in [5, 5.41) is 7.20. The molecule has 0 aromatic carbocycles. The van der Waals surface area contributed by atoms with E-state index in [4.69, 9.17) is 10.5 Å². The summed E-state index contributed by atoms with van der Waals surface area (Å²) in [6, 6.07) is 0.446. The number of nitrogens with two attached hydrogens (primary N) is 1. The van der Waals surface area contributed by atoms with Crippen LogP contribution in [0.4, 0.5) is 10.7 Å². The van der Waals surface area contributed by atoms with E-state index in [0.717, 1.165) is 17.8 Å². The molecule has 0 spiro atoms. The lowest BCUT2D eigenvalue weighted by Crippen LogP contribution is -2.22. The smallest absolute Gasteiger partial charge is 0.263 e. The van der Waals surface area contributed by atoms with Crippen LogP contribution < -0.4 is 21.1 Å². The summed E-state index contributed by atoms with van der Waals surface area (Å²) in [7, 11) is 1.60. The fourth-order valence-electron chi connectivity index (χ4n) is 2.75. The predicted octanol–water partition coefficient (Wildman–Crippen LogP) is 3.22. The van der Waals surface area contributed by atoms with Crippen molar-refractivity contribution in [1.29, 1.82) is 0 Å². The summed E-state index contributed by atoms with van der Waals surface area (Å²) in [6.45, 7) is 2.48. The quantitative estimate of drug-likeness (QED) is 0.730. The van der Waals surface area contributed by atoms with Crippen molar-refractivity contribution in [2.24, 2.45) is 0 Å². The van der Waals surface area contributed by atoms with E-state index in [-0.39, 0.29) is 5.91 Å². The lowest BCUT2D eigenvalue weighted by atomic mass is 10.1. The van der Waals surface area contributed by atoms with Gasteiger partial charge in [-0.2, -0.15) is 0 Å². The van der Waals surface area contributed by atoms with Crippen molar-refractivity contribution in [3.63, 3.8) is 0 Å². The number of nitrogen functional groups attached to an aromatic ring is 1. The van der Waals surface area contributed by atoms with Crippen LogP contribution in [0.5, 0.6) is 5.75 Å². The Balaban J connectivity index is 2.17. The predicted molar refractivity (Wildman–Crippen MR) is 88.4 cm³/mol. The number of hydrogen-bond donors (Lipinski definition) is 3. The van der Waals surface area contributed by atoms with Crippen LogP contribution in [-0.4, -0.2) is 25.6 Å². The average Bonchev–Trinajstić information content (AvgIpc) is 2.65. The van der Waals surface area contributed by atoms with Crippen molar-refractivity contribution in [2.45, 2.75) is 51.5 Å². The van der Waals surface area contributed by atoms with Gasteiger partial charge in [0.1, 0.15) is 15.6 Å². The van der Waals surface area contributed by atoms with Crippen LogP contribution in [0, 0.1) is 0 Å². The molecule has 118 valence electrons. The van der Waals surface area contributed by atoms with E-state index in [0.29, 0.717) is 28.9 Å². The third kappa shape index (κ3) is 3.81. The maximum absolute atomic E-state index is 12.0. The molecular weight excluding hydrogens is 286 g/mol. The van der Waals surface area contributed by atoms with Crippen LogP contribution in [0.1, 0.15) is 55.1 Å². The van der Waals surface area contributed by atoms with Crippen molar-refractivity contribution in [2.75, 3.05) is 24.7 Å². The van der Waals surface area contributed by atoms with Crippen LogP contribution in [0.2, 0.25) is 0 Å². The number of carbonyl (C=O) groups is 1. The number of thiophene rings is 1. The molecule has 1 heterocycles. The molecule has 1 amide bonds. The molecule has 0 aliphatic heterocycles. The summed E-state index contributed by atoms with van der Waals surface area (Å²) in [5.41, 5.74) is 6.50. The standard InChI is InChI=1S/C15H25N3O2S/c1-3-17-14(19)13-11(16)12(20-2)15(21-13)18-10-8-6-4-5-7-9-10/h10,18H,3-9,16H2,1-2H3,(H,17,19). The minimum absolute atomic E-state index is 0.132. The second kappa shape index (κ2) is 7.54. The Labute approximate surface area is 130 Å². The number of ether oxygens (including phenoxy) is 1. The first-order valence-electron chi connectivity index (χ1n) is 7.68. The zero-order valence-electron chi connectivity index (χ0n) is 12.8. The van der Waals surface area contributed by atoms with Crippen molar-refractivity contribution in [1.82, 2.24) is 5.32 Å². The van der Waals surface area contributed by atoms with E-state index in [1.807, 2.05) is 6.92 Å². The molecule has 2 rings (SSSR count). The number of nitrogens with one attached hydrogen (secondary N) is 2. The Morgan fingerprint density at radius 3 is 2.57 bits per heavy atom. The molecule has 1 aromatic rings. The van der Waals surface area contributed by atoms with E-state index < -0.39 is 0 Å². The highest BCUT2D eigenvalue weighted by Gasteiger charge is 2.23. The molecule has 1 aliphatic rings. The van der Waals surface area contributed by atoms with E-state index in [1.54, 1.807) is 7.11 Å². The highest BCUT2D eigenvalue weighted by Crippen LogP contribution is 2.43. The third-order valence-electron chi connectivity index (χ3n) is 3.84. The van der Waals surface area contributed by atoms with Gasteiger partial charge in [-0.15, -0.1) is 11.3 Å². The normalized spacial score (nSPS) is 16.3. The summed E-state index contributed by atoms with van der Waals surface area (Å²) in [5.74, 6) is 0.470. The van der Waals surface area contributed by atoms with Crippen LogP contribution in [0.15, 0.2) is 0 Å². The lowest BCUT2D eigenvalue weighted by Gasteiger charge is -2.17. The van der Waals surface area contributed by atoms with Gasteiger partial charge in [0.2, 0.25) is 0 Å². The molecule has 1 fully saturated rings. The molecule has 0 radical (unpaired) electrons. The number of methoxy groups -OCH3 is 1. The van der Waals surface area contributed by atoms with Crippen LogP contribution >= 0.6 is 11.3 Å². The maximum Gasteiger partial charge on any atom is 0.263 e. The van der Waals surface area contributed by atoms with Crippen LogP contribution in [0.25, 0.3) is 0 Å². The lowest BCUT2D eigenvalue weighted by molar-refractivity contribution is 0.0960. The highest BCUT2D eigenvalue weighted by atomic mass is 32.1. The van der Waals surface area contributed by atoms with Gasteiger partial charge in [0.25, 0.3) is 5.91 Å². The zero-order valence-corrected chi connectivity index (χ0v) is 13.6. The second-order valence-electron chi connectivity index (χ2n) is 5.40. The van der Waals surface area contributed by atoms with Gasteiger partial charge in [-0.05, 0) is 19.8 Å². The fourth-order valence-corrected chi connectivity index (χ4v) is 3.83. The number of anilines is 2. The Hall–Kier alpha value is -1.43. The molecule has 0 saturated heterocycles. The SMILES string of the molecule is CCNC(=O)c1sc(NC2CCCCCC2)c(OC)c1N. The molecule has 0 unspecified atom stereocenters. The number of hydrogen-bond acceptors (Lipinski definition) is 5. The van der Waals surface area contributed by atoms with Crippen molar-refractivity contribution in [3.05, 3.63) is 4.88 Å². The first-order chi connectivity index (χ1) is 10.2. The number of amides is 1. The van der Waals surface area contributed by atoms with Gasteiger partial charge in [0.05, 0.1) is 7.11 Å². The summed E-state index contributed by atoms with van der Waals surface area (Å²) < 4.78 is 5.40. The summed E-state index contributed by atoms with van der Waals surface area (Å²) in [6.07, 6.45) is 7.46. The summed E-state index contributed by atoms with van der Waals surface area (Å²) >= 11 is 1.39. The fraction of sp³-hybridized carbons (Fsp3) is 0.667. The molecule has 1 saturated carbocycles. The van der Waals surface area contributed by atoms with Crippen LogP contribution in [0.3, 0.4) is 0 Å². The monoisotopic (exact) mass is 311 g/mol. The molecular formula is C15H25N3O2S. The van der Waals surface area contributed by atoms with Gasteiger partial charge < -0.3 is 21.1 Å². The van der Waals surface area contributed by atoms with Gasteiger partial charge in [-0.3, -0.25) is 4.79 Å². The van der Waals surface area contributed by atoms with Crippen molar-refractivity contribution >= 4 is 27.9 Å². The second-order valence-corrected chi connectivity index (χ2v) is 6.42. The molecule has 21 heavy (non-hydrogen) atoms. The Morgan fingerprint density at radius 2 is 2.00 bits per heavy atom. The largest absolute Gasteiger partial charge is 0.492 e. The van der Waals surface area contributed by atoms with Gasteiger partial charge >= 0.3 is 0 Å². The summed E-state index contributed by atoms with van der Waals surface area (Å²) in [4.78, 5) is 12.6. The third-order valence-corrected chi connectivity index (χ3v) is 4.95. The van der Waals surface area contributed by atoms with Crippen molar-refractivity contribution in [3.8, 4) is 5.75 Å². The highest BCUT2D eigenvalue weighted by molar-refractivity contribution is 7.19. The van der Waals surface area contributed by atoms with E-state index in [2.05, 4.69) is 10.6 Å². The Morgan fingerprint density at radius 1 is 1.33 bits per heavy atom. The topological polar surface area (TPSA) is 76.4 Å². The first kappa shape index (κ1) is 15.9. The number of rotatable bonds is 5. The molecule has 5 nitrogen and oxygen atoms in total. The van der Waals surface area contributed by atoms with Gasteiger partial charge in [-0.1, -0.05) is 25.7 Å². The van der Waals surface area contributed by atoms with Gasteiger partial charge in [0.15, 0.2) is 5.75 Å². The molecule has 6 heteroatoms. The van der Waals surface area contributed by atoms with Gasteiger partial charge in [-0.25, -0.2) is 0 Å². The van der Waals surface area contributed by atoms with E-state index in [1.165, 1.54) is 37.0 Å². The van der Waals surface area contributed by atoms with Gasteiger partial charge in [0, 0.05) is 12.6 Å². The van der Waals surface area contributed by atoms with E-state index in [9.17, 15) is 4.79 Å². The van der Waals surface area contributed by atoms with E-state index >= 15 is 0 Å². The molecule has 0 bridgehead atoms. The molecule has 4 N–H and O–H groups in total. The maximum atomic E-state index is 12.0. The Kier molecular flexibility index (Phi) is 5.73. The number of carbonyl (C=O) groups excluding carboxylic acids is 1. The minimum Gasteiger partial charge on any atom is -0.492 e. The van der Waals surface area contributed by atoms with Crippen LogP contribution in [-0.2, 0) is 0 Å². The van der Waals surface area contributed by atoms with Crippen molar-refractivity contribution < 1.29 is 9.53 Å². The first-order valence-corrected chi connectivity index (χ1v) is 8.50. The molecule has 1 aromatic heterocycles. The zero-order chi connectivity index (χ0) is 15.2.